The summed E-state index contributed by atoms with van der Waals surface area (Å²) in [7, 11) is 0. The van der Waals surface area contributed by atoms with Crippen LogP contribution in [0.1, 0.15) is 5.69 Å². The monoisotopic (exact) mass is 189 g/mol. The molecule has 72 valence electrons. The molecular weight excluding hydrogens is 178 g/mol. The van der Waals surface area contributed by atoms with Crippen molar-refractivity contribution in [3.8, 4) is 11.6 Å². The van der Waals surface area contributed by atoms with Crippen LogP contribution in [0.4, 0.5) is 5.69 Å². The molecule has 0 radical (unpaired) electrons. The molecule has 4 nitrogen and oxygen atoms in total. The van der Waals surface area contributed by atoms with E-state index in [2.05, 4.69) is 4.98 Å². The summed E-state index contributed by atoms with van der Waals surface area (Å²) in [5, 5.41) is 9.63. The van der Waals surface area contributed by atoms with E-state index in [1.807, 2.05) is 12.1 Å². The van der Waals surface area contributed by atoms with E-state index in [-0.39, 0.29) is 5.88 Å². The number of benzene rings is 1. The van der Waals surface area contributed by atoms with Crippen LogP contribution in [0.2, 0.25) is 0 Å². The highest BCUT2D eigenvalue weighted by molar-refractivity contribution is 5.46. The normalized spacial score (nSPS) is 10.4. The van der Waals surface area contributed by atoms with Gasteiger partial charge in [-0.25, -0.2) is 4.98 Å². The van der Waals surface area contributed by atoms with Crippen molar-refractivity contribution in [1.29, 1.82) is 0 Å². The number of hydrogen-bond acceptors (Lipinski definition) is 3. The van der Waals surface area contributed by atoms with E-state index < -0.39 is 0 Å². The zero-order chi connectivity index (χ0) is 10.1. The Morgan fingerprint density at radius 1 is 1.29 bits per heavy atom. The standard InChI is InChI=1S/C10H11N3O/c1-7-10(14)13(6-12-7)9-4-2-8(11)3-5-9/h2-6,14H,11H2,1H3. The van der Waals surface area contributed by atoms with Gasteiger partial charge in [-0.2, -0.15) is 0 Å². The number of rotatable bonds is 1. The van der Waals surface area contributed by atoms with Gasteiger partial charge >= 0.3 is 0 Å². The summed E-state index contributed by atoms with van der Waals surface area (Å²) >= 11 is 0. The maximum atomic E-state index is 9.63. The molecule has 1 aromatic carbocycles. The summed E-state index contributed by atoms with van der Waals surface area (Å²) in [6.07, 6.45) is 1.58. The summed E-state index contributed by atoms with van der Waals surface area (Å²) < 4.78 is 1.61. The number of aromatic nitrogens is 2. The Morgan fingerprint density at radius 2 is 1.93 bits per heavy atom. The summed E-state index contributed by atoms with van der Waals surface area (Å²) in [5.74, 6) is 0.162. The Balaban J connectivity index is 2.49. The number of imidazole rings is 1. The number of aromatic hydroxyl groups is 1. The minimum atomic E-state index is 0.162. The fraction of sp³-hybridized carbons (Fsp3) is 0.100. The summed E-state index contributed by atoms with van der Waals surface area (Å²) in [6, 6.07) is 7.22. The number of hydrogen-bond donors (Lipinski definition) is 2. The second-order valence-electron chi connectivity index (χ2n) is 3.12. The van der Waals surface area contributed by atoms with E-state index in [0.717, 1.165) is 5.69 Å². The van der Waals surface area contributed by atoms with Crippen LogP contribution in [0.25, 0.3) is 5.69 Å². The van der Waals surface area contributed by atoms with Crippen LogP contribution in [0.5, 0.6) is 5.88 Å². The maximum Gasteiger partial charge on any atom is 0.218 e. The fourth-order valence-corrected chi connectivity index (χ4v) is 1.25. The molecule has 0 fully saturated rings. The second kappa shape index (κ2) is 3.06. The van der Waals surface area contributed by atoms with Gasteiger partial charge in [0.25, 0.3) is 0 Å². The van der Waals surface area contributed by atoms with Gasteiger partial charge in [0.1, 0.15) is 6.33 Å². The smallest absolute Gasteiger partial charge is 0.218 e. The Labute approximate surface area is 81.6 Å². The highest BCUT2D eigenvalue weighted by Crippen LogP contribution is 2.20. The van der Waals surface area contributed by atoms with E-state index in [4.69, 9.17) is 5.73 Å². The molecule has 0 amide bonds. The van der Waals surface area contributed by atoms with Gasteiger partial charge in [-0.15, -0.1) is 0 Å². The summed E-state index contributed by atoms with van der Waals surface area (Å²) in [4.78, 5) is 4.00. The third-order valence-corrected chi connectivity index (χ3v) is 2.09. The van der Waals surface area contributed by atoms with Crippen LogP contribution in [-0.4, -0.2) is 14.7 Å². The largest absolute Gasteiger partial charge is 0.493 e. The molecule has 0 spiro atoms. The summed E-state index contributed by atoms with van der Waals surface area (Å²) in [6.45, 7) is 1.75. The van der Waals surface area contributed by atoms with Crippen molar-refractivity contribution in [1.82, 2.24) is 9.55 Å². The molecule has 14 heavy (non-hydrogen) atoms. The quantitative estimate of drug-likeness (QED) is 0.667. The molecule has 0 aliphatic heterocycles. The van der Waals surface area contributed by atoms with Crippen LogP contribution in [0.3, 0.4) is 0 Å². The van der Waals surface area contributed by atoms with Crippen molar-refractivity contribution in [2.45, 2.75) is 6.92 Å². The van der Waals surface area contributed by atoms with Crippen LogP contribution in [-0.2, 0) is 0 Å². The molecule has 1 aromatic heterocycles. The van der Waals surface area contributed by atoms with E-state index >= 15 is 0 Å². The number of aryl methyl sites for hydroxylation is 1. The predicted molar refractivity (Wildman–Crippen MR) is 54.4 cm³/mol. The predicted octanol–water partition coefficient (Wildman–Crippen LogP) is 1.47. The minimum absolute atomic E-state index is 0.162. The number of nitrogen functional groups attached to an aromatic ring is 1. The Hall–Kier alpha value is -1.97. The first-order valence-corrected chi connectivity index (χ1v) is 4.27. The maximum absolute atomic E-state index is 9.63. The van der Waals surface area contributed by atoms with E-state index in [1.54, 1.807) is 30.0 Å². The van der Waals surface area contributed by atoms with Gasteiger partial charge in [0.05, 0.1) is 11.4 Å². The molecule has 0 aliphatic rings. The lowest BCUT2D eigenvalue weighted by atomic mass is 10.3. The third-order valence-electron chi connectivity index (χ3n) is 2.09. The molecule has 1 heterocycles. The van der Waals surface area contributed by atoms with Gasteiger partial charge in [-0.1, -0.05) is 0 Å². The van der Waals surface area contributed by atoms with Gasteiger partial charge in [-0.05, 0) is 31.2 Å². The molecule has 0 atom stereocenters. The lowest BCUT2D eigenvalue weighted by molar-refractivity contribution is 0.438. The lowest BCUT2D eigenvalue weighted by Crippen LogP contribution is -1.92. The Bertz CT molecular complexity index is 445. The molecular formula is C10H11N3O. The first-order valence-electron chi connectivity index (χ1n) is 4.27. The molecule has 0 saturated carbocycles. The van der Waals surface area contributed by atoms with Crippen molar-refractivity contribution in [2.24, 2.45) is 0 Å². The molecule has 2 rings (SSSR count). The Morgan fingerprint density at radius 3 is 2.43 bits per heavy atom. The number of anilines is 1. The molecule has 0 saturated heterocycles. The molecule has 3 N–H and O–H groups in total. The van der Waals surface area contributed by atoms with Gasteiger partial charge in [0.2, 0.25) is 5.88 Å². The van der Waals surface area contributed by atoms with E-state index in [0.29, 0.717) is 11.4 Å². The number of nitrogens with zero attached hydrogens (tertiary/aromatic N) is 2. The van der Waals surface area contributed by atoms with Crippen molar-refractivity contribution in [3.05, 3.63) is 36.3 Å². The molecule has 4 heteroatoms. The van der Waals surface area contributed by atoms with Crippen molar-refractivity contribution >= 4 is 5.69 Å². The van der Waals surface area contributed by atoms with Crippen LogP contribution in [0, 0.1) is 6.92 Å². The van der Waals surface area contributed by atoms with E-state index in [1.165, 1.54) is 0 Å². The number of nitrogens with two attached hydrogens (primary N) is 1. The van der Waals surface area contributed by atoms with Gasteiger partial charge < -0.3 is 10.8 Å². The SMILES string of the molecule is Cc1ncn(-c2ccc(N)cc2)c1O. The van der Waals surface area contributed by atoms with Gasteiger partial charge in [0.15, 0.2) is 0 Å². The molecule has 0 unspecified atom stereocenters. The van der Waals surface area contributed by atoms with Crippen molar-refractivity contribution in [3.63, 3.8) is 0 Å². The second-order valence-corrected chi connectivity index (χ2v) is 3.12. The van der Waals surface area contributed by atoms with Crippen molar-refractivity contribution in [2.75, 3.05) is 5.73 Å². The zero-order valence-electron chi connectivity index (χ0n) is 7.81. The minimum Gasteiger partial charge on any atom is -0.493 e. The average Bonchev–Trinajstić information content (AvgIpc) is 2.50. The molecule has 0 aliphatic carbocycles. The van der Waals surface area contributed by atoms with Crippen LogP contribution < -0.4 is 5.73 Å². The molecule has 2 aromatic rings. The van der Waals surface area contributed by atoms with Crippen molar-refractivity contribution < 1.29 is 5.11 Å². The zero-order valence-corrected chi connectivity index (χ0v) is 7.81. The first-order chi connectivity index (χ1) is 6.68. The first kappa shape index (κ1) is 8.62. The van der Waals surface area contributed by atoms with Crippen LogP contribution >= 0.6 is 0 Å². The van der Waals surface area contributed by atoms with Gasteiger partial charge in [-0.3, -0.25) is 4.57 Å². The third kappa shape index (κ3) is 1.31. The average molecular weight is 189 g/mol. The van der Waals surface area contributed by atoms with Gasteiger partial charge in [0, 0.05) is 5.69 Å². The topological polar surface area (TPSA) is 64.1 Å². The fourth-order valence-electron chi connectivity index (χ4n) is 1.25. The highest BCUT2D eigenvalue weighted by atomic mass is 16.3. The lowest BCUT2D eigenvalue weighted by Gasteiger charge is -2.03. The van der Waals surface area contributed by atoms with E-state index in [9.17, 15) is 5.11 Å². The molecule has 0 bridgehead atoms. The summed E-state index contributed by atoms with van der Waals surface area (Å²) in [5.41, 5.74) is 7.72. The Kier molecular flexibility index (Phi) is 1.89. The van der Waals surface area contributed by atoms with Crippen LogP contribution in [0.15, 0.2) is 30.6 Å². The highest BCUT2D eigenvalue weighted by Gasteiger charge is 2.05.